The molecule has 0 radical (unpaired) electrons. The molecule has 7 nitrogen and oxygen atoms in total. The van der Waals surface area contributed by atoms with Crippen molar-refractivity contribution in [2.75, 3.05) is 0 Å². The lowest BCUT2D eigenvalue weighted by molar-refractivity contribution is -0.123. The van der Waals surface area contributed by atoms with Gasteiger partial charge in [-0.15, -0.1) is 0 Å². The standard InChI is InChI=1S/C23H31BN4O3/c1-15(2)12-21(24-16(3)17(4)31-24)28-22(29)19(13-18-8-6-5-7-9-18)27-23(30)20-14-25-10-11-26-20/h5-11,14-17,19,21H,12-13H2,1-4H3,(H,27,30)(H,28,29)/t16?,17?,19-,21-/m0/s1. The number of carbonyl (C=O) groups is 2. The lowest BCUT2D eigenvalue weighted by atomic mass is 9.43. The minimum absolute atomic E-state index is 0.0191. The van der Waals surface area contributed by atoms with Crippen LogP contribution in [0.2, 0.25) is 5.82 Å². The van der Waals surface area contributed by atoms with Gasteiger partial charge in [0.1, 0.15) is 11.7 Å². The van der Waals surface area contributed by atoms with E-state index in [1.807, 2.05) is 30.3 Å². The molecule has 0 bridgehead atoms. The van der Waals surface area contributed by atoms with E-state index in [9.17, 15) is 9.59 Å². The molecule has 1 aromatic heterocycles. The number of carbonyl (C=O) groups excluding carboxylic acids is 2. The quantitative estimate of drug-likeness (QED) is 0.607. The average molecular weight is 422 g/mol. The molecule has 0 aliphatic carbocycles. The molecule has 0 spiro atoms. The van der Waals surface area contributed by atoms with E-state index in [1.54, 1.807) is 0 Å². The van der Waals surface area contributed by atoms with Crippen molar-refractivity contribution in [3.63, 3.8) is 0 Å². The Morgan fingerprint density at radius 3 is 2.45 bits per heavy atom. The highest BCUT2D eigenvalue weighted by Gasteiger charge is 2.46. The van der Waals surface area contributed by atoms with Crippen molar-refractivity contribution in [3.05, 3.63) is 60.2 Å². The maximum Gasteiger partial charge on any atom is 0.321 e. The van der Waals surface area contributed by atoms with E-state index in [2.05, 4.69) is 48.3 Å². The van der Waals surface area contributed by atoms with Crippen molar-refractivity contribution in [2.24, 2.45) is 5.92 Å². The van der Waals surface area contributed by atoms with E-state index in [0.717, 1.165) is 12.0 Å². The van der Waals surface area contributed by atoms with Crippen LogP contribution in [-0.4, -0.2) is 46.8 Å². The third-order valence-electron chi connectivity index (χ3n) is 5.78. The number of hydrogen-bond acceptors (Lipinski definition) is 5. The van der Waals surface area contributed by atoms with Gasteiger partial charge in [-0.1, -0.05) is 51.1 Å². The fraction of sp³-hybridized carbons (Fsp3) is 0.478. The minimum atomic E-state index is -0.737. The van der Waals surface area contributed by atoms with Gasteiger partial charge in [-0.3, -0.25) is 14.6 Å². The summed E-state index contributed by atoms with van der Waals surface area (Å²) < 4.78 is 5.94. The first-order valence-corrected chi connectivity index (χ1v) is 10.9. The van der Waals surface area contributed by atoms with Crippen LogP contribution < -0.4 is 10.6 Å². The second-order valence-corrected chi connectivity index (χ2v) is 8.72. The Balaban J connectivity index is 1.76. The van der Waals surface area contributed by atoms with Crippen LogP contribution in [-0.2, 0) is 15.9 Å². The fourth-order valence-electron chi connectivity index (χ4n) is 3.91. The van der Waals surface area contributed by atoms with Crippen molar-refractivity contribution in [1.29, 1.82) is 0 Å². The van der Waals surface area contributed by atoms with Gasteiger partial charge in [0.25, 0.3) is 5.91 Å². The van der Waals surface area contributed by atoms with E-state index < -0.39 is 11.9 Å². The number of benzene rings is 1. The molecule has 2 heterocycles. The van der Waals surface area contributed by atoms with Gasteiger partial charge in [-0.25, -0.2) is 4.98 Å². The molecule has 2 aromatic rings. The molecular formula is C23H31BN4O3. The largest absolute Gasteiger partial charge is 0.431 e. The number of aromatic nitrogens is 2. The molecule has 1 saturated heterocycles. The molecule has 4 atom stereocenters. The predicted octanol–water partition coefficient (Wildman–Crippen LogP) is 2.69. The molecule has 31 heavy (non-hydrogen) atoms. The number of nitrogens with zero attached hydrogens (tertiary/aromatic N) is 2. The summed E-state index contributed by atoms with van der Waals surface area (Å²) in [4.78, 5) is 34.0. The molecule has 8 heteroatoms. The SMILES string of the molecule is CC(C)C[C@H](NC(=O)[C@H](Cc1ccccc1)NC(=O)c1cnccn1)B1OC(C)C1C. The van der Waals surface area contributed by atoms with E-state index in [4.69, 9.17) is 4.65 Å². The number of hydrogen-bond donors (Lipinski definition) is 2. The van der Waals surface area contributed by atoms with Crippen LogP contribution >= 0.6 is 0 Å². The third kappa shape index (κ3) is 6.13. The van der Waals surface area contributed by atoms with Crippen molar-refractivity contribution in [3.8, 4) is 0 Å². The lowest BCUT2D eigenvalue weighted by Crippen LogP contribution is -2.61. The summed E-state index contributed by atoms with van der Waals surface area (Å²) in [6.07, 6.45) is 5.72. The second-order valence-electron chi connectivity index (χ2n) is 8.72. The number of nitrogens with one attached hydrogen (secondary N) is 2. The molecule has 1 aliphatic rings. The number of amides is 2. The molecule has 164 valence electrons. The maximum absolute atomic E-state index is 13.3. The summed E-state index contributed by atoms with van der Waals surface area (Å²) in [6, 6.07) is 8.91. The van der Waals surface area contributed by atoms with Crippen LogP contribution in [0.5, 0.6) is 0 Å². The topological polar surface area (TPSA) is 93.2 Å². The highest BCUT2D eigenvalue weighted by molar-refractivity contribution is 6.58. The summed E-state index contributed by atoms with van der Waals surface area (Å²) in [6.45, 7) is 8.44. The van der Waals surface area contributed by atoms with Gasteiger partial charge in [-0.05, 0) is 30.6 Å². The summed E-state index contributed by atoms with van der Waals surface area (Å²) in [5.74, 6) is 0.0172. The monoisotopic (exact) mass is 422 g/mol. The minimum Gasteiger partial charge on any atom is -0.431 e. The van der Waals surface area contributed by atoms with Gasteiger partial charge in [0.15, 0.2) is 0 Å². The van der Waals surface area contributed by atoms with Gasteiger partial charge in [0, 0.05) is 30.9 Å². The zero-order chi connectivity index (χ0) is 22.4. The van der Waals surface area contributed by atoms with Crippen LogP contribution in [0.4, 0.5) is 0 Å². The predicted molar refractivity (Wildman–Crippen MR) is 121 cm³/mol. The summed E-state index contributed by atoms with van der Waals surface area (Å²) in [5.41, 5.74) is 1.14. The van der Waals surface area contributed by atoms with Crippen LogP contribution in [0.1, 0.15) is 50.2 Å². The Morgan fingerprint density at radius 2 is 1.87 bits per heavy atom. The van der Waals surface area contributed by atoms with E-state index in [-0.39, 0.29) is 30.6 Å². The molecule has 2 unspecified atom stereocenters. The van der Waals surface area contributed by atoms with Crippen LogP contribution in [0.15, 0.2) is 48.9 Å². The van der Waals surface area contributed by atoms with Crippen molar-refractivity contribution in [1.82, 2.24) is 20.6 Å². The van der Waals surface area contributed by atoms with Gasteiger partial charge in [-0.2, -0.15) is 0 Å². The van der Waals surface area contributed by atoms with E-state index >= 15 is 0 Å². The smallest absolute Gasteiger partial charge is 0.321 e. The zero-order valence-corrected chi connectivity index (χ0v) is 18.6. The van der Waals surface area contributed by atoms with Crippen LogP contribution in [0.3, 0.4) is 0 Å². The van der Waals surface area contributed by atoms with Gasteiger partial charge in [0.2, 0.25) is 5.91 Å². The van der Waals surface area contributed by atoms with Crippen LogP contribution in [0, 0.1) is 5.92 Å². The highest BCUT2D eigenvalue weighted by Crippen LogP contribution is 2.33. The zero-order valence-electron chi connectivity index (χ0n) is 18.6. The average Bonchev–Trinajstić information content (AvgIpc) is 2.77. The van der Waals surface area contributed by atoms with E-state index in [1.165, 1.54) is 18.6 Å². The second kappa shape index (κ2) is 10.5. The van der Waals surface area contributed by atoms with Gasteiger partial charge >= 0.3 is 6.92 Å². The Kier molecular flexibility index (Phi) is 7.79. The van der Waals surface area contributed by atoms with Crippen molar-refractivity contribution >= 4 is 18.7 Å². The van der Waals surface area contributed by atoms with Crippen molar-refractivity contribution < 1.29 is 14.2 Å². The normalized spacial score (nSPS) is 20.0. The third-order valence-corrected chi connectivity index (χ3v) is 5.78. The van der Waals surface area contributed by atoms with E-state index in [0.29, 0.717) is 18.2 Å². The molecule has 1 fully saturated rings. The lowest BCUT2D eigenvalue weighted by Gasteiger charge is -2.43. The summed E-state index contributed by atoms with van der Waals surface area (Å²) >= 11 is 0. The van der Waals surface area contributed by atoms with Gasteiger partial charge in [0.05, 0.1) is 6.20 Å². The number of rotatable bonds is 9. The summed E-state index contributed by atoms with van der Waals surface area (Å²) in [7, 11) is 0. The highest BCUT2D eigenvalue weighted by atomic mass is 16.5. The molecule has 1 aliphatic heterocycles. The molecular weight excluding hydrogens is 391 g/mol. The molecule has 1 aromatic carbocycles. The molecule has 2 amide bonds. The molecule has 0 saturated carbocycles. The van der Waals surface area contributed by atoms with Gasteiger partial charge < -0.3 is 15.3 Å². The fourth-order valence-corrected chi connectivity index (χ4v) is 3.91. The van der Waals surface area contributed by atoms with Crippen molar-refractivity contribution in [2.45, 2.75) is 64.4 Å². The Bertz CT molecular complexity index is 866. The first-order valence-electron chi connectivity index (χ1n) is 10.9. The first kappa shape index (κ1) is 22.9. The maximum atomic E-state index is 13.3. The Labute approximate surface area is 184 Å². The Hall–Kier alpha value is -2.74. The van der Waals surface area contributed by atoms with Crippen LogP contribution in [0.25, 0.3) is 0 Å². The molecule has 3 rings (SSSR count). The molecule has 2 N–H and O–H groups in total. The Morgan fingerprint density at radius 1 is 1.13 bits per heavy atom. The summed E-state index contributed by atoms with van der Waals surface area (Å²) in [5, 5.41) is 6.00. The first-order chi connectivity index (χ1) is 14.8.